The van der Waals surface area contributed by atoms with Crippen LogP contribution in [0.15, 0.2) is 106 Å². The van der Waals surface area contributed by atoms with Gasteiger partial charge < -0.3 is 0 Å². The second kappa shape index (κ2) is 8.71. The first-order chi connectivity index (χ1) is 15.8. The molecular weight excluding hydrogens is 469 g/mol. The van der Waals surface area contributed by atoms with E-state index in [0.29, 0.717) is 0 Å². The Hall–Kier alpha value is -2.64. The molecule has 6 heteroatoms. The van der Waals surface area contributed by atoms with Crippen LogP contribution in [0, 0.1) is 0 Å². The third-order valence-corrected chi connectivity index (χ3v) is 10.2. The number of benzene rings is 4. The van der Waals surface area contributed by atoms with Gasteiger partial charge in [-0.1, -0.05) is 84.9 Å². The third kappa shape index (κ3) is 3.84. The minimum Gasteiger partial charge on any atom is -0.228 e. The van der Waals surface area contributed by atoms with Crippen LogP contribution in [0.3, 0.4) is 0 Å². The second-order valence-electron chi connectivity index (χ2n) is 7.16. The minimum atomic E-state index is 1.05. The van der Waals surface area contributed by atoms with Crippen molar-refractivity contribution in [1.82, 2.24) is 9.97 Å². The Kier molecular flexibility index (Phi) is 5.45. The van der Waals surface area contributed by atoms with Crippen molar-refractivity contribution >= 4 is 64.7 Å². The van der Waals surface area contributed by atoms with Crippen LogP contribution in [0.4, 0.5) is 0 Å². The summed E-state index contributed by atoms with van der Waals surface area (Å²) < 4.78 is 4.53. The van der Waals surface area contributed by atoms with Crippen LogP contribution in [0.25, 0.3) is 42.7 Å². The zero-order chi connectivity index (χ0) is 21.3. The van der Waals surface area contributed by atoms with Gasteiger partial charge >= 0.3 is 0 Å². The first-order valence-corrected chi connectivity index (χ1v) is 13.9. The minimum absolute atomic E-state index is 1.05. The Morgan fingerprint density at radius 2 is 0.906 bits per heavy atom. The predicted molar refractivity (Wildman–Crippen MR) is 142 cm³/mol. The fourth-order valence-corrected chi connectivity index (χ4v) is 8.23. The second-order valence-corrected chi connectivity index (χ2v) is 11.8. The molecule has 0 saturated heterocycles. The van der Waals surface area contributed by atoms with Gasteiger partial charge in [0.25, 0.3) is 0 Å². The van der Waals surface area contributed by atoms with Crippen LogP contribution in [-0.2, 0) is 0 Å². The predicted octanol–water partition coefficient (Wildman–Crippen LogP) is 9.04. The number of nitrogens with zero attached hydrogens (tertiary/aromatic N) is 2. The van der Waals surface area contributed by atoms with Gasteiger partial charge in [-0.25, -0.2) is 9.97 Å². The van der Waals surface area contributed by atoms with Crippen molar-refractivity contribution in [2.24, 2.45) is 0 Å². The summed E-state index contributed by atoms with van der Waals surface area (Å²) in [4.78, 5) is 9.92. The normalized spacial score (nSPS) is 11.4. The van der Waals surface area contributed by atoms with E-state index < -0.39 is 0 Å². The van der Waals surface area contributed by atoms with Crippen molar-refractivity contribution in [2.45, 2.75) is 8.68 Å². The molecule has 0 N–H and O–H groups in total. The SMILES string of the molecule is c1ccc(-c2cccc3sc(SSc4nc5c(-c6ccccc6)cccc5s4)nc23)cc1. The maximum Gasteiger partial charge on any atom is 0.162 e. The van der Waals surface area contributed by atoms with E-state index in [9.17, 15) is 0 Å². The van der Waals surface area contributed by atoms with Crippen LogP contribution >= 0.6 is 44.3 Å². The van der Waals surface area contributed by atoms with E-state index in [4.69, 9.17) is 9.97 Å². The van der Waals surface area contributed by atoms with E-state index in [1.165, 1.54) is 31.7 Å². The van der Waals surface area contributed by atoms with E-state index in [2.05, 4.69) is 84.9 Å². The molecule has 0 fully saturated rings. The summed E-state index contributed by atoms with van der Waals surface area (Å²) in [6.07, 6.45) is 0. The van der Waals surface area contributed by atoms with Crippen LogP contribution < -0.4 is 0 Å². The molecule has 0 radical (unpaired) electrons. The molecule has 4 aromatic carbocycles. The lowest BCUT2D eigenvalue weighted by atomic mass is 10.1. The van der Waals surface area contributed by atoms with Gasteiger partial charge in [-0.3, -0.25) is 0 Å². The summed E-state index contributed by atoms with van der Waals surface area (Å²) in [5.41, 5.74) is 6.91. The highest BCUT2D eigenvalue weighted by atomic mass is 33.1. The first-order valence-electron chi connectivity index (χ1n) is 10.1. The number of thiazole rings is 2. The van der Waals surface area contributed by atoms with Crippen LogP contribution in [-0.4, -0.2) is 9.97 Å². The van der Waals surface area contributed by atoms with Gasteiger partial charge in [-0.2, -0.15) is 0 Å². The Morgan fingerprint density at radius 3 is 1.34 bits per heavy atom. The number of aromatic nitrogens is 2. The molecule has 0 aliphatic heterocycles. The zero-order valence-corrected chi connectivity index (χ0v) is 20.0. The molecule has 0 spiro atoms. The van der Waals surface area contributed by atoms with Gasteiger partial charge in [0, 0.05) is 11.1 Å². The molecule has 6 rings (SSSR count). The van der Waals surface area contributed by atoms with Gasteiger partial charge in [-0.05, 0) is 44.8 Å². The molecule has 0 bridgehead atoms. The Morgan fingerprint density at radius 1 is 0.469 bits per heavy atom. The molecular formula is C26H16N2S4. The molecule has 0 saturated carbocycles. The summed E-state index contributed by atoms with van der Waals surface area (Å²) in [5, 5.41) is 0. The molecule has 0 atom stereocenters. The van der Waals surface area contributed by atoms with Gasteiger partial charge in [-0.15, -0.1) is 22.7 Å². The molecule has 6 aromatic rings. The number of hydrogen-bond acceptors (Lipinski definition) is 6. The zero-order valence-electron chi connectivity index (χ0n) is 16.8. The Balaban J connectivity index is 1.29. The quantitative estimate of drug-likeness (QED) is 0.228. The molecule has 0 amide bonds. The molecule has 154 valence electrons. The van der Waals surface area contributed by atoms with Crippen molar-refractivity contribution in [1.29, 1.82) is 0 Å². The molecule has 0 aliphatic carbocycles. The number of para-hydroxylation sites is 2. The molecule has 2 heterocycles. The molecule has 32 heavy (non-hydrogen) atoms. The lowest BCUT2D eigenvalue weighted by Crippen LogP contribution is -1.79. The van der Waals surface area contributed by atoms with E-state index >= 15 is 0 Å². The van der Waals surface area contributed by atoms with Crippen LogP contribution in [0.5, 0.6) is 0 Å². The average Bonchev–Trinajstić information content (AvgIpc) is 3.47. The van der Waals surface area contributed by atoms with Crippen molar-refractivity contribution in [3.8, 4) is 22.3 Å². The smallest absolute Gasteiger partial charge is 0.162 e. The van der Waals surface area contributed by atoms with Gasteiger partial charge in [0.15, 0.2) is 8.68 Å². The van der Waals surface area contributed by atoms with Gasteiger partial charge in [0.1, 0.15) is 0 Å². The lowest BCUT2D eigenvalue weighted by molar-refractivity contribution is 1.30. The third-order valence-electron chi connectivity index (χ3n) is 5.15. The van der Waals surface area contributed by atoms with Crippen molar-refractivity contribution in [3.63, 3.8) is 0 Å². The van der Waals surface area contributed by atoms with Crippen molar-refractivity contribution in [3.05, 3.63) is 97.1 Å². The first kappa shape index (κ1) is 20.0. The maximum atomic E-state index is 4.96. The Bertz CT molecular complexity index is 1400. The number of rotatable bonds is 5. The summed E-state index contributed by atoms with van der Waals surface area (Å²) in [7, 11) is 3.38. The largest absolute Gasteiger partial charge is 0.228 e. The highest BCUT2D eigenvalue weighted by Crippen LogP contribution is 2.45. The fraction of sp³-hybridized carbons (Fsp3) is 0. The molecule has 0 unspecified atom stereocenters. The molecule has 2 nitrogen and oxygen atoms in total. The van der Waals surface area contributed by atoms with E-state index in [0.717, 1.165) is 19.7 Å². The topological polar surface area (TPSA) is 25.8 Å². The van der Waals surface area contributed by atoms with E-state index in [-0.39, 0.29) is 0 Å². The highest BCUT2D eigenvalue weighted by molar-refractivity contribution is 8.77. The lowest BCUT2D eigenvalue weighted by Gasteiger charge is -2.01. The van der Waals surface area contributed by atoms with Crippen molar-refractivity contribution in [2.75, 3.05) is 0 Å². The number of fused-ring (bicyclic) bond motifs is 2. The van der Waals surface area contributed by atoms with Crippen LogP contribution in [0.2, 0.25) is 0 Å². The summed E-state index contributed by atoms with van der Waals surface area (Å²) in [6, 6.07) is 33.8. The summed E-state index contributed by atoms with van der Waals surface area (Å²) in [5.74, 6) is 0. The monoisotopic (exact) mass is 484 g/mol. The van der Waals surface area contributed by atoms with Crippen LogP contribution in [0.1, 0.15) is 0 Å². The summed E-state index contributed by atoms with van der Waals surface area (Å²) in [6.45, 7) is 0. The van der Waals surface area contributed by atoms with E-state index in [1.54, 1.807) is 44.3 Å². The fourth-order valence-electron chi connectivity index (χ4n) is 3.70. The summed E-state index contributed by atoms with van der Waals surface area (Å²) >= 11 is 3.48. The van der Waals surface area contributed by atoms with Gasteiger partial charge in [0.05, 0.1) is 20.4 Å². The van der Waals surface area contributed by atoms with Crippen molar-refractivity contribution < 1.29 is 0 Å². The van der Waals surface area contributed by atoms with Gasteiger partial charge in [0.2, 0.25) is 0 Å². The van der Waals surface area contributed by atoms with E-state index in [1.807, 2.05) is 12.1 Å². The maximum absolute atomic E-state index is 4.96. The molecule has 2 aromatic heterocycles. The average molecular weight is 485 g/mol. The standard InChI is InChI=1S/C26H16N2S4/c1-3-9-17(10-4-1)19-13-7-15-21-23(19)27-25(29-21)31-32-26-28-24-20(14-8-16-22(24)30-26)18-11-5-2-6-12-18/h1-16H. The molecule has 0 aliphatic rings. The number of hydrogen-bond donors (Lipinski definition) is 0. The Labute approximate surface area is 201 Å². The highest BCUT2D eigenvalue weighted by Gasteiger charge is 2.14.